The van der Waals surface area contributed by atoms with Gasteiger partial charge in [-0.3, -0.25) is 0 Å². The lowest BCUT2D eigenvalue weighted by Crippen LogP contribution is -2.29. The molecule has 1 saturated carbocycles. The lowest BCUT2D eigenvalue weighted by molar-refractivity contribution is 0.101. The third-order valence-electron chi connectivity index (χ3n) is 5.18. The van der Waals surface area contributed by atoms with Crippen LogP contribution in [0.15, 0.2) is 59.5 Å². The van der Waals surface area contributed by atoms with Crippen molar-refractivity contribution in [1.29, 1.82) is 0 Å². The molecule has 0 amide bonds. The van der Waals surface area contributed by atoms with Crippen molar-refractivity contribution in [3.8, 4) is 0 Å². The highest BCUT2D eigenvalue weighted by atomic mass is 32.2. The highest BCUT2D eigenvalue weighted by Crippen LogP contribution is 2.63. The Labute approximate surface area is 149 Å². The van der Waals surface area contributed by atoms with Gasteiger partial charge < -0.3 is 10.5 Å². The van der Waals surface area contributed by atoms with E-state index in [1.165, 1.54) is 0 Å². The first kappa shape index (κ1) is 18.1. The molecule has 1 aliphatic carbocycles. The van der Waals surface area contributed by atoms with Crippen LogP contribution in [0.2, 0.25) is 0 Å². The van der Waals surface area contributed by atoms with E-state index in [2.05, 4.69) is 0 Å². The Morgan fingerprint density at radius 1 is 1.08 bits per heavy atom. The molecule has 0 aromatic heterocycles. The third-order valence-corrected chi connectivity index (χ3v) is 7.52. The molecule has 0 saturated heterocycles. The zero-order valence-corrected chi connectivity index (χ0v) is 15.5. The fourth-order valence-electron chi connectivity index (χ4n) is 3.74. The highest BCUT2D eigenvalue weighted by molar-refractivity contribution is 7.92. The van der Waals surface area contributed by atoms with Gasteiger partial charge in [-0.2, -0.15) is 0 Å². The molecule has 0 heterocycles. The van der Waals surface area contributed by atoms with Crippen molar-refractivity contribution in [3.63, 3.8) is 0 Å². The summed E-state index contributed by atoms with van der Waals surface area (Å²) in [5, 5.41) is -0.554. The molecule has 0 spiro atoms. The van der Waals surface area contributed by atoms with Crippen LogP contribution >= 0.6 is 0 Å². The molecule has 1 fully saturated rings. The first-order valence-electron chi connectivity index (χ1n) is 8.60. The van der Waals surface area contributed by atoms with Crippen molar-refractivity contribution in [2.45, 2.75) is 29.9 Å². The molecule has 134 valence electrons. The van der Waals surface area contributed by atoms with Crippen LogP contribution < -0.4 is 5.73 Å². The van der Waals surface area contributed by atoms with Gasteiger partial charge in [-0.25, -0.2) is 8.42 Å². The number of rotatable bonds is 7. The van der Waals surface area contributed by atoms with E-state index in [0.29, 0.717) is 18.1 Å². The van der Waals surface area contributed by atoms with E-state index in [1.807, 2.05) is 44.2 Å². The second-order valence-corrected chi connectivity index (χ2v) is 8.81. The monoisotopic (exact) mass is 359 g/mol. The van der Waals surface area contributed by atoms with Gasteiger partial charge in [-0.05, 0) is 31.5 Å². The molecule has 3 rings (SSSR count). The summed E-state index contributed by atoms with van der Waals surface area (Å²) in [4.78, 5) is 0.351. The smallest absolute Gasteiger partial charge is 0.182 e. The van der Waals surface area contributed by atoms with E-state index in [-0.39, 0.29) is 12.5 Å². The van der Waals surface area contributed by atoms with E-state index >= 15 is 0 Å². The molecule has 3 atom stereocenters. The van der Waals surface area contributed by atoms with Crippen LogP contribution in [0.4, 0.5) is 0 Å². The van der Waals surface area contributed by atoms with Gasteiger partial charge in [-0.15, -0.1) is 0 Å². The SMILES string of the molecule is CCOC[C@@]1(CN)[C@H](c2ccc(C)cc2)[C@@H]1S(=O)(=O)c1ccccc1. The Morgan fingerprint density at radius 2 is 1.72 bits per heavy atom. The van der Waals surface area contributed by atoms with E-state index < -0.39 is 20.5 Å². The summed E-state index contributed by atoms with van der Waals surface area (Å²) in [6.07, 6.45) is 0. The van der Waals surface area contributed by atoms with Crippen LogP contribution in [0.25, 0.3) is 0 Å². The van der Waals surface area contributed by atoms with Crippen LogP contribution in [0, 0.1) is 12.3 Å². The summed E-state index contributed by atoms with van der Waals surface area (Å²) >= 11 is 0. The maximum atomic E-state index is 13.3. The molecule has 0 unspecified atom stereocenters. The fraction of sp³-hybridized carbons (Fsp3) is 0.400. The molecule has 2 aromatic rings. The third kappa shape index (κ3) is 3.12. The standard InChI is InChI=1S/C20H25NO3S/c1-3-24-14-20(13-21)18(16-11-9-15(2)10-12-16)19(20)25(22,23)17-7-5-4-6-8-17/h4-12,18-19H,3,13-14,21H2,1-2H3/t18-,19+,20+/m1/s1. The Kier molecular flexibility index (Phi) is 5.00. The quantitative estimate of drug-likeness (QED) is 0.825. The minimum Gasteiger partial charge on any atom is -0.381 e. The summed E-state index contributed by atoms with van der Waals surface area (Å²) in [7, 11) is -3.48. The van der Waals surface area contributed by atoms with E-state index in [1.54, 1.807) is 24.3 Å². The minimum atomic E-state index is -3.48. The molecule has 0 radical (unpaired) electrons. The molecule has 2 N–H and O–H groups in total. The van der Waals surface area contributed by atoms with Gasteiger partial charge in [0, 0.05) is 24.5 Å². The maximum absolute atomic E-state index is 13.3. The topological polar surface area (TPSA) is 69.4 Å². The zero-order valence-electron chi connectivity index (χ0n) is 14.7. The average Bonchev–Trinajstić information content (AvgIpc) is 3.31. The molecular weight excluding hydrogens is 334 g/mol. The van der Waals surface area contributed by atoms with Crippen molar-refractivity contribution in [1.82, 2.24) is 0 Å². The summed E-state index contributed by atoms with van der Waals surface area (Å²) in [5.74, 6) is -0.144. The van der Waals surface area contributed by atoms with Gasteiger partial charge in [-0.1, -0.05) is 48.0 Å². The number of hydrogen-bond donors (Lipinski definition) is 1. The predicted octanol–water partition coefficient (Wildman–Crippen LogP) is 2.92. The Balaban J connectivity index is 2.04. The van der Waals surface area contributed by atoms with Gasteiger partial charge in [0.1, 0.15) is 0 Å². The first-order valence-corrected chi connectivity index (χ1v) is 10.2. The van der Waals surface area contributed by atoms with Crippen molar-refractivity contribution >= 4 is 9.84 Å². The van der Waals surface area contributed by atoms with Crippen LogP contribution in [0.5, 0.6) is 0 Å². The van der Waals surface area contributed by atoms with E-state index in [4.69, 9.17) is 10.5 Å². The fourth-order valence-corrected chi connectivity index (χ4v) is 6.21. The maximum Gasteiger partial charge on any atom is 0.182 e. The second kappa shape index (κ2) is 6.90. The number of aryl methyl sites for hydroxylation is 1. The summed E-state index contributed by atoms with van der Waals surface area (Å²) in [6.45, 7) is 5.11. The highest BCUT2D eigenvalue weighted by Gasteiger charge is 2.70. The lowest BCUT2D eigenvalue weighted by atomic mass is 9.99. The van der Waals surface area contributed by atoms with Crippen molar-refractivity contribution in [2.24, 2.45) is 11.1 Å². The van der Waals surface area contributed by atoms with Gasteiger partial charge in [0.15, 0.2) is 9.84 Å². The largest absolute Gasteiger partial charge is 0.381 e. The number of benzene rings is 2. The Morgan fingerprint density at radius 3 is 2.28 bits per heavy atom. The molecule has 0 aliphatic heterocycles. The normalized spacial score (nSPS) is 25.7. The number of nitrogens with two attached hydrogens (primary N) is 1. The molecule has 0 bridgehead atoms. The van der Waals surface area contributed by atoms with Gasteiger partial charge in [0.25, 0.3) is 0 Å². The first-order chi connectivity index (χ1) is 12.0. The van der Waals surface area contributed by atoms with Gasteiger partial charge >= 0.3 is 0 Å². The number of ether oxygens (including phenoxy) is 1. The number of hydrogen-bond acceptors (Lipinski definition) is 4. The molecular formula is C20H25NO3S. The van der Waals surface area contributed by atoms with Crippen molar-refractivity contribution < 1.29 is 13.2 Å². The van der Waals surface area contributed by atoms with Gasteiger partial charge in [0.2, 0.25) is 0 Å². The molecule has 5 heteroatoms. The number of sulfone groups is 1. The lowest BCUT2D eigenvalue weighted by Gasteiger charge is -2.16. The Hall–Kier alpha value is -1.69. The average molecular weight is 359 g/mol. The molecule has 4 nitrogen and oxygen atoms in total. The minimum absolute atomic E-state index is 0.144. The zero-order chi connectivity index (χ0) is 18.1. The van der Waals surface area contributed by atoms with Crippen molar-refractivity contribution in [2.75, 3.05) is 19.8 Å². The van der Waals surface area contributed by atoms with Gasteiger partial charge in [0.05, 0.1) is 16.8 Å². The van der Waals surface area contributed by atoms with Crippen molar-refractivity contribution in [3.05, 3.63) is 65.7 Å². The van der Waals surface area contributed by atoms with Crippen LogP contribution in [-0.2, 0) is 14.6 Å². The predicted molar refractivity (Wildman–Crippen MR) is 99.3 cm³/mol. The van der Waals surface area contributed by atoms with Crippen LogP contribution in [0.1, 0.15) is 24.0 Å². The van der Waals surface area contributed by atoms with Crippen LogP contribution in [0.3, 0.4) is 0 Å². The summed E-state index contributed by atoms with van der Waals surface area (Å²) in [6, 6.07) is 16.7. The van der Waals surface area contributed by atoms with Crippen LogP contribution in [-0.4, -0.2) is 33.4 Å². The molecule has 1 aliphatic rings. The summed E-state index contributed by atoms with van der Waals surface area (Å²) in [5.41, 5.74) is 7.68. The summed E-state index contributed by atoms with van der Waals surface area (Å²) < 4.78 is 32.2. The Bertz CT molecular complexity index is 818. The second-order valence-electron chi connectivity index (χ2n) is 6.74. The van der Waals surface area contributed by atoms with E-state index in [0.717, 1.165) is 11.1 Å². The van der Waals surface area contributed by atoms with E-state index in [9.17, 15) is 8.42 Å². The molecule has 2 aromatic carbocycles. The molecule has 25 heavy (non-hydrogen) atoms.